The van der Waals surface area contributed by atoms with Crippen LogP contribution < -0.4 is 10.2 Å². The van der Waals surface area contributed by atoms with Gasteiger partial charge in [0.15, 0.2) is 5.43 Å². The van der Waals surface area contributed by atoms with Gasteiger partial charge >= 0.3 is 0 Å². The summed E-state index contributed by atoms with van der Waals surface area (Å²) in [5, 5.41) is 0.473. The molecule has 1 amide bonds. The SMILES string of the molecule is C=CCOc1ccc(C2c3c(oc4cc(C)c(C)cc4c3=O)C(=O)N2Cc2ccco2)cc1. The monoisotopic (exact) mass is 441 g/mol. The lowest BCUT2D eigenvalue weighted by Crippen LogP contribution is -2.29. The van der Waals surface area contributed by atoms with Crippen LogP contribution in [0.15, 0.2) is 81.1 Å². The number of furan rings is 1. The van der Waals surface area contributed by atoms with Crippen LogP contribution in [0.25, 0.3) is 11.0 Å². The molecule has 0 radical (unpaired) electrons. The summed E-state index contributed by atoms with van der Waals surface area (Å²) < 4.78 is 17.1. The number of hydrogen-bond donors (Lipinski definition) is 0. The molecular weight excluding hydrogens is 418 g/mol. The Bertz CT molecular complexity index is 1410. The van der Waals surface area contributed by atoms with E-state index in [0.717, 1.165) is 16.7 Å². The lowest BCUT2D eigenvalue weighted by atomic mass is 9.97. The van der Waals surface area contributed by atoms with E-state index in [1.807, 2.05) is 50.2 Å². The number of aryl methyl sites for hydroxylation is 2. The Hall–Kier alpha value is -4.06. The van der Waals surface area contributed by atoms with Crippen molar-refractivity contribution in [3.05, 3.63) is 111 Å². The summed E-state index contributed by atoms with van der Waals surface area (Å²) in [6.07, 6.45) is 3.23. The number of nitrogens with zero attached hydrogens (tertiary/aromatic N) is 1. The van der Waals surface area contributed by atoms with Crippen molar-refractivity contribution >= 4 is 16.9 Å². The number of ether oxygens (including phenoxy) is 1. The Morgan fingerprint density at radius 3 is 2.55 bits per heavy atom. The van der Waals surface area contributed by atoms with E-state index in [-0.39, 0.29) is 23.6 Å². The van der Waals surface area contributed by atoms with Crippen LogP contribution in [0.5, 0.6) is 5.75 Å². The van der Waals surface area contributed by atoms with E-state index in [4.69, 9.17) is 13.6 Å². The van der Waals surface area contributed by atoms with Crippen molar-refractivity contribution < 1.29 is 18.4 Å². The second-order valence-corrected chi connectivity index (χ2v) is 8.19. The molecule has 6 heteroatoms. The number of rotatable bonds is 6. The maximum Gasteiger partial charge on any atom is 0.291 e. The topological polar surface area (TPSA) is 72.9 Å². The maximum atomic E-state index is 13.7. The minimum atomic E-state index is -0.603. The van der Waals surface area contributed by atoms with Gasteiger partial charge in [-0.3, -0.25) is 9.59 Å². The Kier molecular flexibility index (Phi) is 5.13. The van der Waals surface area contributed by atoms with Gasteiger partial charge in [0, 0.05) is 0 Å². The van der Waals surface area contributed by atoms with E-state index in [0.29, 0.717) is 34.6 Å². The molecule has 2 aromatic carbocycles. The zero-order valence-electron chi connectivity index (χ0n) is 18.5. The van der Waals surface area contributed by atoms with Gasteiger partial charge in [0.2, 0.25) is 5.76 Å². The minimum absolute atomic E-state index is 0.0827. The molecule has 1 aliphatic rings. The molecule has 0 spiro atoms. The first-order valence-corrected chi connectivity index (χ1v) is 10.7. The molecule has 166 valence electrons. The molecule has 0 aliphatic carbocycles. The van der Waals surface area contributed by atoms with Crippen LogP contribution in [0.2, 0.25) is 0 Å². The molecule has 1 aliphatic heterocycles. The highest BCUT2D eigenvalue weighted by atomic mass is 16.5. The van der Waals surface area contributed by atoms with Gasteiger partial charge in [0.1, 0.15) is 23.7 Å². The van der Waals surface area contributed by atoms with Crippen molar-refractivity contribution in [3.63, 3.8) is 0 Å². The summed E-state index contributed by atoms with van der Waals surface area (Å²) >= 11 is 0. The molecule has 33 heavy (non-hydrogen) atoms. The summed E-state index contributed by atoms with van der Waals surface area (Å²) in [5.41, 5.74) is 3.35. The maximum absolute atomic E-state index is 13.7. The van der Waals surface area contributed by atoms with Crippen LogP contribution in [0.1, 0.15) is 44.6 Å². The van der Waals surface area contributed by atoms with Gasteiger partial charge in [-0.15, -0.1) is 0 Å². The Balaban J connectivity index is 1.68. The normalized spacial score (nSPS) is 15.2. The van der Waals surface area contributed by atoms with Gasteiger partial charge < -0.3 is 18.5 Å². The standard InChI is InChI=1S/C27H23NO5/c1-4-11-31-19-9-7-18(8-10-19)24-23-25(29)21-13-16(2)17(3)14-22(21)33-26(23)27(30)28(24)15-20-6-5-12-32-20/h4-10,12-14,24H,1,11,15H2,2-3H3. The van der Waals surface area contributed by atoms with E-state index in [9.17, 15) is 9.59 Å². The molecule has 1 atom stereocenters. The molecule has 0 fully saturated rings. The highest BCUT2D eigenvalue weighted by molar-refractivity contribution is 5.99. The first-order valence-electron chi connectivity index (χ1n) is 10.7. The molecular formula is C27H23NO5. The third kappa shape index (κ3) is 3.53. The second kappa shape index (κ2) is 8.13. The fourth-order valence-electron chi connectivity index (χ4n) is 4.26. The fourth-order valence-corrected chi connectivity index (χ4v) is 4.26. The van der Waals surface area contributed by atoms with E-state index in [1.165, 1.54) is 0 Å². The summed E-state index contributed by atoms with van der Waals surface area (Å²) in [4.78, 5) is 28.8. The van der Waals surface area contributed by atoms with Crippen molar-refractivity contribution in [3.8, 4) is 5.75 Å². The smallest absolute Gasteiger partial charge is 0.291 e. The average Bonchev–Trinajstić information content (AvgIpc) is 3.42. The van der Waals surface area contributed by atoms with E-state index in [1.54, 1.807) is 29.4 Å². The van der Waals surface area contributed by atoms with Gasteiger partial charge in [-0.05, 0) is 66.9 Å². The molecule has 5 rings (SSSR count). The summed E-state index contributed by atoms with van der Waals surface area (Å²) in [6.45, 7) is 8.17. The molecule has 4 aromatic rings. The summed E-state index contributed by atoms with van der Waals surface area (Å²) in [7, 11) is 0. The van der Waals surface area contributed by atoms with Crippen LogP contribution in [0.4, 0.5) is 0 Å². The van der Waals surface area contributed by atoms with Crippen molar-refractivity contribution in [1.82, 2.24) is 4.90 Å². The first kappa shape index (κ1) is 20.8. The fraction of sp³-hybridized carbons (Fsp3) is 0.185. The molecule has 0 N–H and O–H groups in total. The first-order chi connectivity index (χ1) is 16.0. The van der Waals surface area contributed by atoms with E-state index < -0.39 is 6.04 Å². The molecule has 0 saturated heterocycles. The molecule has 2 aromatic heterocycles. The third-order valence-corrected chi connectivity index (χ3v) is 6.05. The van der Waals surface area contributed by atoms with Crippen molar-refractivity contribution in [2.45, 2.75) is 26.4 Å². The number of benzene rings is 2. The number of hydrogen-bond acceptors (Lipinski definition) is 5. The van der Waals surface area contributed by atoms with Gasteiger partial charge in [-0.2, -0.15) is 0 Å². The second-order valence-electron chi connectivity index (χ2n) is 8.19. The predicted octanol–water partition coefficient (Wildman–Crippen LogP) is 5.31. The summed E-state index contributed by atoms with van der Waals surface area (Å²) in [5.74, 6) is 1.04. The van der Waals surface area contributed by atoms with Crippen LogP contribution in [0, 0.1) is 13.8 Å². The molecule has 0 bridgehead atoms. The highest BCUT2D eigenvalue weighted by Crippen LogP contribution is 2.39. The quantitative estimate of drug-likeness (QED) is 0.379. The van der Waals surface area contributed by atoms with Crippen LogP contribution in [-0.4, -0.2) is 17.4 Å². The van der Waals surface area contributed by atoms with Gasteiger partial charge in [0.05, 0.1) is 29.8 Å². The molecule has 3 heterocycles. The van der Waals surface area contributed by atoms with E-state index >= 15 is 0 Å². The number of carbonyl (C=O) groups excluding carboxylic acids is 1. The van der Waals surface area contributed by atoms with Crippen LogP contribution in [0.3, 0.4) is 0 Å². The molecule has 0 saturated carbocycles. The van der Waals surface area contributed by atoms with Gasteiger partial charge in [-0.1, -0.05) is 24.8 Å². The minimum Gasteiger partial charge on any atom is -0.490 e. The highest BCUT2D eigenvalue weighted by Gasteiger charge is 2.43. The zero-order chi connectivity index (χ0) is 23.1. The van der Waals surface area contributed by atoms with Crippen LogP contribution in [-0.2, 0) is 6.54 Å². The molecule has 1 unspecified atom stereocenters. The van der Waals surface area contributed by atoms with Crippen LogP contribution >= 0.6 is 0 Å². The van der Waals surface area contributed by atoms with Crippen molar-refractivity contribution in [2.24, 2.45) is 0 Å². The zero-order valence-corrected chi connectivity index (χ0v) is 18.5. The van der Waals surface area contributed by atoms with Gasteiger partial charge in [0.25, 0.3) is 5.91 Å². The third-order valence-electron chi connectivity index (χ3n) is 6.05. The lowest BCUT2D eigenvalue weighted by Gasteiger charge is -2.24. The van der Waals surface area contributed by atoms with Crippen molar-refractivity contribution in [1.29, 1.82) is 0 Å². The molecule has 6 nitrogen and oxygen atoms in total. The Morgan fingerprint density at radius 2 is 1.85 bits per heavy atom. The Morgan fingerprint density at radius 1 is 1.09 bits per heavy atom. The largest absolute Gasteiger partial charge is 0.490 e. The Labute approximate surface area is 190 Å². The van der Waals surface area contributed by atoms with Crippen molar-refractivity contribution in [2.75, 3.05) is 6.61 Å². The number of amides is 1. The predicted molar refractivity (Wildman–Crippen MR) is 125 cm³/mol. The number of carbonyl (C=O) groups is 1. The number of fused-ring (bicyclic) bond motifs is 2. The summed E-state index contributed by atoms with van der Waals surface area (Å²) in [6, 6.07) is 14.0. The van der Waals surface area contributed by atoms with Gasteiger partial charge in [-0.25, -0.2) is 0 Å². The lowest BCUT2D eigenvalue weighted by molar-refractivity contribution is 0.0701. The van der Waals surface area contributed by atoms with E-state index in [2.05, 4.69) is 6.58 Å². The average molecular weight is 441 g/mol.